The van der Waals surface area contributed by atoms with Crippen molar-refractivity contribution in [3.63, 3.8) is 0 Å². The zero-order valence-electron chi connectivity index (χ0n) is 15.6. The van der Waals surface area contributed by atoms with Gasteiger partial charge in [0.15, 0.2) is 0 Å². The molecule has 2 aliphatic rings. The number of carbonyl (C=O) groups is 2. The molecule has 6 heteroatoms. The van der Waals surface area contributed by atoms with E-state index < -0.39 is 23.8 Å². The molecule has 24 heavy (non-hydrogen) atoms. The number of hydrogen-bond donors (Lipinski definition) is 1. The molecule has 0 aromatic heterocycles. The lowest BCUT2D eigenvalue weighted by atomic mass is 9.86. The highest BCUT2D eigenvalue weighted by Crippen LogP contribution is 2.28. The van der Waals surface area contributed by atoms with Gasteiger partial charge in [-0.25, -0.2) is 4.79 Å². The number of amides is 2. The number of likely N-dealkylation sites (tertiary alicyclic amines) is 2. The highest BCUT2D eigenvalue weighted by atomic mass is 16.6. The Kier molecular flexibility index (Phi) is 5.78. The third-order valence-corrected chi connectivity index (χ3v) is 4.99. The average Bonchev–Trinajstić information content (AvgIpc) is 2.87. The molecule has 2 amide bonds. The number of β-amino-alcohol motifs (C(OH)–C–C–N with tert-alkyl or cyclic N) is 1. The third-order valence-electron chi connectivity index (χ3n) is 4.99. The normalized spacial score (nSPS) is 26.1. The van der Waals surface area contributed by atoms with Gasteiger partial charge in [0.05, 0.1) is 12.6 Å². The summed E-state index contributed by atoms with van der Waals surface area (Å²) >= 11 is 0. The second-order valence-corrected chi connectivity index (χ2v) is 8.44. The molecule has 1 N–H and O–H groups in total. The van der Waals surface area contributed by atoms with E-state index in [0.717, 1.165) is 25.9 Å². The molecule has 0 aliphatic carbocycles. The summed E-state index contributed by atoms with van der Waals surface area (Å²) in [7, 11) is 0. The highest BCUT2D eigenvalue weighted by Gasteiger charge is 2.43. The molecule has 0 radical (unpaired) electrons. The van der Waals surface area contributed by atoms with Crippen LogP contribution in [0.4, 0.5) is 4.79 Å². The average molecular weight is 340 g/mol. The van der Waals surface area contributed by atoms with Crippen LogP contribution >= 0.6 is 0 Å². The third kappa shape index (κ3) is 4.62. The molecule has 0 unspecified atom stereocenters. The molecule has 138 valence electrons. The number of nitrogens with zero attached hydrogens (tertiary/aromatic N) is 2. The van der Waals surface area contributed by atoms with Crippen LogP contribution in [0.15, 0.2) is 0 Å². The Bertz CT molecular complexity index is 464. The first-order valence-corrected chi connectivity index (χ1v) is 9.05. The second-order valence-electron chi connectivity index (χ2n) is 8.44. The summed E-state index contributed by atoms with van der Waals surface area (Å²) in [5.41, 5.74) is -0.617. The molecule has 0 aromatic rings. The number of carbonyl (C=O) groups excluding carboxylic acids is 2. The van der Waals surface area contributed by atoms with Gasteiger partial charge in [-0.1, -0.05) is 13.8 Å². The van der Waals surface area contributed by atoms with Crippen LogP contribution in [0.5, 0.6) is 0 Å². The van der Waals surface area contributed by atoms with Gasteiger partial charge in [-0.2, -0.15) is 0 Å². The van der Waals surface area contributed by atoms with Crippen molar-refractivity contribution in [2.75, 3.05) is 19.6 Å². The van der Waals surface area contributed by atoms with Crippen LogP contribution in [0.2, 0.25) is 0 Å². The van der Waals surface area contributed by atoms with E-state index in [1.165, 1.54) is 4.90 Å². The largest absolute Gasteiger partial charge is 0.444 e. The van der Waals surface area contributed by atoms with Gasteiger partial charge in [0.1, 0.15) is 11.6 Å². The monoisotopic (exact) mass is 340 g/mol. The van der Waals surface area contributed by atoms with E-state index in [1.807, 2.05) is 4.90 Å². The Morgan fingerprint density at radius 2 is 1.75 bits per heavy atom. The molecule has 6 nitrogen and oxygen atoms in total. The molecule has 0 bridgehead atoms. The minimum Gasteiger partial charge on any atom is -0.444 e. The van der Waals surface area contributed by atoms with Crippen molar-refractivity contribution >= 4 is 12.0 Å². The molecule has 0 aromatic carbocycles. The first-order chi connectivity index (χ1) is 11.1. The van der Waals surface area contributed by atoms with Crippen LogP contribution in [-0.2, 0) is 9.53 Å². The second kappa shape index (κ2) is 7.30. The van der Waals surface area contributed by atoms with Crippen LogP contribution in [0.25, 0.3) is 0 Å². The zero-order valence-corrected chi connectivity index (χ0v) is 15.6. The maximum atomic E-state index is 12.9. The maximum absolute atomic E-state index is 12.9. The van der Waals surface area contributed by atoms with E-state index in [0.29, 0.717) is 18.3 Å². The lowest BCUT2D eigenvalue weighted by molar-refractivity contribution is -0.137. The predicted octanol–water partition coefficient (Wildman–Crippen LogP) is 2.25. The summed E-state index contributed by atoms with van der Waals surface area (Å²) < 4.78 is 5.39. The fourth-order valence-corrected chi connectivity index (χ4v) is 3.57. The molecule has 0 saturated carbocycles. The maximum Gasteiger partial charge on any atom is 0.411 e. The van der Waals surface area contributed by atoms with Gasteiger partial charge in [-0.3, -0.25) is 9.69 Å². The molecule has 0 spiro atoms. The SMILES string of the molecule is CC(C)C1CCN(C(=O)[C@H]2C[C@@H](O)CN2C(=O)OC(C)(C)C)CC1. The minimum absolute atomic E-state index is 0.0559. The van der Waals surface area contributed by atoms with E-state index in [9.17, 15) is 14.7 Å². The molecular weight excluding hydrogens is 308 g/mol. The zero-order chi connectivity index (χ0) is 18.1. The summed E-state index contributed by atoms with van der Waals surface area (Å²) in [6, 6.07) is -0.606. The fraction of sp³-hybridized carbons (Fsp3) is 0.889. The van der Waals surface area contributed by atoms with Crippen molar-refractivity contribution in [3.05, 3.63) is 0 Å². The van der Waals surface area contributed by atoms with Gasteiger partial charge < -0.3 is 14.7 Å². The number of rotatable bonds is 2. The van der Waals surface area contributed by atoms with Gasteiger partial charge in [0, 0.05) is 19.5 Å². The van der Waals surface area contributed by atoms with Crippen molar-refractivity contribution in [1.82, 2.24) is 9.80 Å². The first-order valence-electron chi connectivity index (χ1n) is 9.05. The number of aliphatic hydroxyl groups excluding tert-OH is 1. The van der Waals surface area contributed by atoms with E-state index in [-0.39, 0.29) is 12.5 Å². The summed E-state index contributed by atoms with van der Waals surface area (Å²) in [6.45, 7) is 11.5. The summed E-state index contributed by atoms with van der Waals surface area (Å²) in [4.78, 5) is 28.5. The predicted molar refractivity (Wildman–Crippen MR) is 91.5 cm³/mol. The Hall–Kier alpha value is -1.30. The van der Waals surface area contributed by atoms with Crippen LogP contribution in [0.1, 0.15) is 53.9 Å². The topological polar surface area (TPSA) is 70.1 Å². The van der Waals surface area contributed by atoms with Crippen LogP contribution in [0, 0.1) is 11.8 Å². The van der Waals surface area contributed by atoms with Crippen LogP contribution in [-0.4, -0.2) is 64.3 Å². The Balaban J connectivity index is 2.00. The van der Waals surface area contributed by atoms with Crippen molar-refractivity contribution in [1.29, 1.82) is 0 Å². The van der Waals surface area contributed by atoms with Crippen LogP contribution < -0.4 is 0 Å². The molecule has 2 rings (SSSR count). The van der Waals surface area contributed by atoms with Crippen molar-refractivity contribution in [3.8, 4) is 0 Å². The summed E-state index contributed by atoms with van der Waals surface area (Å²) in [5, 5.41) is 9.96. The summed E-state index contributed by atoms with van der Waals surface area (Å²) in [5.74, 6) is 1.23. The van der Waals surface area contributed by atoms with Crippen molar-refractivity contribution < 1.29 is 19.4 Å². The van der Waals surface area contributed by atoms with E-state index in [2.05, 4.69) is 13.8 Å². The van der Waals surface area contributed by atoms with E-state index in [4.69, 9.17) is 4.74 Å². The molecule has 2 saturated heterocycles. The Morgan fingerprint density at radius 1 is 1.17 bits per heavy atom. The fourth-order valence-electron chi connectivity index (χ4n) is 3.57. The molecule has 2 fully saturated rings. The minimum atomic E-state index is -0.667. The molecular formula is C18H32N2O4. The number of piperidine rings is 1. The lowest BCUT2D eigenvalue weighted by Gasteiger charge is -2.36. The molecule has 2 heterocycles. The van der Waals surface area contributed by atoms with Gasteiger partial charge >= 0.3 is 6.09 Å². The van der Waals surface area contributed by atoms with Gasteiger partial charge in [-0.05, 0) is 45.4 Å². The highest BCUT2D eigenvalue weighted by molar-refractivity contribution is 5.86. The molecule has 2 atom stereocenters. The van der Waals surface area contributed by atoms with Gasteiger partial charge in [-0.15, -0.1) is 0 Å². The quantitative estimate of drug-likeness (QED) is 0.837. The van der Waals surface area contributed by atoms with Crippen molar-refractivity contribution in [2.24, 2.45) is 11.8 Å². The van der Waals surface area contributed by atoms with Crippen molar-refractivity contribution in [2.45, 2.75) is 71.6 Å². The lowest BCUT2D eigenvalue weighted by Crippen LogP contribution is -2.51. The number of aliphatic hydroxyl groups is 1. The molecule has 2 aliphatic heterocycles. The van der Waals surface area contributed by atoms with E-state index >= 15 is 0 Å². The number of hydrogen-bond acceptors (Lipinski definition) is 4. The van der Waals surface area contributed by atoms with Crippen LogP contribution in [0.3, 0.4) is 0 Å². The van der Waals surface area contributed by atoms with Gasteiger partial charge in [0.25, 0.3) is 0 Å². The van der Waals surface area contributed by atoms with Gasteiger partial charge in [0.2, 0.25) is 5.91 Å². The number of ether oxygens (including phenoxy) is 1. The Morgan fingerprint density at radius 3 is 2.25 bits per heavy atom. The first kappa shape index (κ1) is 19.0. The van der Waals surface area contributed by atoms with E-state index in [1.54, 1.807) is 20.8 Å². The Labute approximate surface area is 145 Å². The summed E-state index contributed by atoms with van der Waals surface area (Å²) in [6.07, 6.45) is 1.12. The smallest absolute Gasteiger partial charge is 0.411 e. The standard InChI is InChI=1S/C18H32N2O4/c1-12(2)13-6-8-19(9-7-13)16(22)15-10-14(21)11-20(15)17(23)24-18(3,4)5/h12-15,21H,6-11H2,1-5H3/t14-,15-/m1/s1.